The van der Waals surface area contributed by atoms with Crippen LogP contribution in [0.15, 0.2) is 36.4 Å². The van der Waals surface area contributed by atoms with Crippen LogP contribution in [0.4, 0.5) is 11.4 Å². The molecule has 2 aromatic carbocycles. The van der Waals surface area contributed by atoms with Gasteiger partial charge in [-0.2, -0.15) is 0 Å². The van der Waals surface area contributed by atoms with Gasteiger partial charge >= 0.3 is 0 Å². The van der Waals surface area contributed by atoms with E-state index in [1.165, 1.54) is 24.3 Å². The second kappa shape index (κ2) is 5.86. The van der Waals surface area contributed by atoms with Gasteiger partial charge < -0.3 is 21.7 Å². The summed E-state index contributed by atoms with van der Waals surface area (Å²) in [6, 6.07) is 6.98. The van der Waals surface area contributed by atoms with Crippen LogP contribution < -0.4 is 11.5 Å². The molecule has 0 unspecified atom stereocenters. The smallest absolute Gasteiger partial charge is 0.259 e. The maximum Gasteiger partial charge on any atom is 0.259 e. The molecule has 0 heterocycles. The maximum atomic E-state index is 12.1. The zero-order valence-corrected chi connectivity index (χ0v) is 12.0. The van der Waals surface area contributed by atoms with Crippen molar-refractivity contribution in [3.63, 3.8) is 0 Å². The third-order valence-electron chi connectivity index (χ3n) is 2.85. The fraction of sp³-hybridized carbons (Fsp3) is 0. The van der Waals surface area contributed by atoms with Gasteiger partial charge in [0, 0.05) is 23.5 Å². The summed E-state index contributed by atoms with van der Waals surface area (Å²) in [5.74, 6) is -0.317. The van der Waals surface area contributed by atoms with E-state index in [0.29, 0.717) is 0 Å². The maximum absolute atomic E-state index is 12.1. The molecule has 8 heteroatoms. The lowest BCUT2D eigenvalue weighted by Gasteiger charge is -2.06. The molecule has 114 valence electrons. The number of carbonyl (C=O) groups excluding carboxylic acids is 2. The first-order valence-corrected chi connectivity index (χ1v) is 7.13. The highest BCUT2D eigenvalue weighted by atomic mass is 32.2. The summed E-state index contributed by atoms with van der Waals surface area (Å²) < 4.78 is 12.1. The summed E-state index contributed by atoms with van der Waals surface area (Å²) in [6.45, 7) is 0. The highest BCUT2D eigenvalue weighted by Gasteiger charge is 2.26. The number of phenolic OH excluding ortho intramolecular Hbond substituents is 2. The van der Waals surface area contributed by atoms with Crippen LogP contribution in [0.5, 0.6) is 11.5 Å². The molecule has 0 bridgehead atoms. The molecule has 0 radical (unpaired) electrons. The van der Waals surface area contributed by atoms with Crippen molar-refractivity contribution in [1.29, 1.82) is 0 Å². The van der Waals surface area contributed by atoms with Gasteiger partial charge in [0.15, 0.2) is 10.8 Å². The van der Waals surface area contributed by atoms with Gasteiger partial charge in [-0.1, -0.05) is 0 Å². The van der Waals surface area contributed by atoms with E-state index in [-0.39, 0.29) is 34.0 Å². The third kappa shape index (κ3) is 2.91. The number of benzene rings is 2. The standard InChI is InChI=1S/C14H12N2O5S/c15-11-5-7(17)1-3-9(11)13(19)22(21)14(20)10-4-2-8(18)6-12(10)16/h1-6,17-18H,15-16H2. The van der Waals surface area contributed by atoms with Gasteiger partial charge in [-0.15, -0.1) is 0 Å². The molecule has 0 saturated carbocycles. The first-order chi connectivity index (χ1) is 10.3. The fourth-order valence-electron chi connectivity index (χ4n) is 1.76. The van der Waals surface area contributed by atoms with Crippen molar-refractivity contribution in [2.75, 3.05) is 11.5 Å². The first kappa shape index (κ1) is 15.5. The van der Waals surface area contributed by atoms with E-state index in [0.717, 1.165) is 12.1 Å². The summed E-state index contributed by atoms with van der Waals surface area (Å²) in [5.41, 5.74) is 10.7. The lowest BCUT2D eigenvalue weighted by molar-refractivity contribution is 0.105. The largest absolute Gasteiger partial charge is 0.508 e. The van der Waals surface area contributed by atoms with Crippen LogP contribution in [0.25, 0.3) is 0 Å². The molecule has 0 amide bonds. The average molecular weight is 320 g/mol. The number of phenols is 2. The molecular formula is C14H12N2O5S. The first-order valence-electron chi connectivity index (χ1n) is 5.98. The molecule has 0 spiro atoms. The highest BCUT2D eigenvalue weighted by molar-refractivity contribution is 8.14. The van der Waals surface area contributed by atoms with Crippen LogP contribution in [-0.4, -0.2) is 24.7 Å². The molecule has 0 aliphatic carbocycles. The summed E-state index contributed by atoms with van der Waals surface area (Å²) in [7, 11) is -2.55. The summed E-state index contributed by atoms with van der Waals surface area (Å²) in [5, 5.41) is 16.5. The Labute approximate surface area is 127 Å². The molecule has 6 N–H and O–H groups in total. The summed E-state index contributed by atoms with van der Waals surface area (Å²) >= 11 is 0. The number of nitrogen functional groups attached to an aromatic ring is 2. The zero-order chi connectivity index (χ0) is 16.4. The Kier molecular flexibility index (Phi) is 4.13. The molecule has 0 saturated heterocycles. The van der Waals surface area contributed by atoms with E-state index in [4.69, 9.17) is 11.5 Å². The van der Waals surface area contributed by atoms with E-state index in [9.17, 15) is 24.0 Å². The van der Waals surface area contributed by atoms with Crippen LogP contribution in [0.1, 0.15) is 20.7 Å². The van der Waals surface area contributed by atoms with Gasteiger partial charge in [0.1, 0.15) is 11.5 Å². The van der Waals surface area contributed by atoms with Crippen molar-refractivity contribution in [3.8, 4) is 11.5 Å². The second-order valence-electron chi connectivity index (χ2n) is 4.39. The SMILES string of the molecule is Nc1cc(O)ccc1C(=O)S(=O)C(=O)c1ccc(O)cc1N. The van der Waals surface area contributed by atoms with Gasteiger partial charge in [-0.25, -0.2) is 4.21 Å². The van der Waals surface area contributed by atoms with Gasteiger partial charge in [0.2, 0.25) is 0 Å². The van der Waals surface area contributed by atoms with Crippen molar-refractivity contribution in [3.05, 3.63) is 47.5 Å². The number of rotatable bonds is 2. The predicted molar refractivity (Wildman–Crippen MR) is 81.8 cm³/mol. The lowest BCUT2D eigenvalue weighted by atomic mass is 10.2. The number of hydrogen-bond acceptors (Lipinski definition) is 7. The molecule has 0 aliphatic heterocycles. The topological polar surface area (TPSA) is 144 Å². The van der Waals surface area contributed by atoms with Crippen LogP contribution >= 0.6 is 0 Å². The molecule has 2 aromatic rings. The van der Waals surface area contributed by atoms with Crippen molar-refractivity contribution in [1.82, 2.24) is 0 Å². The molecule has 0 atom stereocenters. The van der Waals surface area contributed by atoms with Crippen LogP contribution in [0.3, 0.4) is 0 Å². The van der Waals surface area contributed by atoms with Gasteiger partial charge in [-0.3, -0.25) is 9.59 Å². The Morgan fingerprint density at radius 3 is 1.50 bits per heavy atom. The minimum absolute atomic E-state index is 0.0928. The number of anilines is 2. The molecule has 0 fully saturated rings. The number of carbonyl (C=O) groups is 2. The van der Waals surface area contributed by atoms with Gasteiger partial charge in [-0.05, 0) is 24.3 Å². The van der Waals surface area contributed by atoms with Crippen molar-refractivity contribution in [2.24, 2.45) is 0 Å². The van der Waals surface area contributed by atoms with E-state index < -0.39 is 21.0 Å². The van der Waals surface area contributed by atoms with E-state index in [2.05, 4.69) is 0 Å². The lowest BCUT2D eigenvalue weighted by Crippen LogP contribution is -2.19. The van der Waals surface area contributed by atoms with Crippen molar-refractivity contribution < 1.29 is 24.0 Å². The molecule has 0 aliphatic rings. The average Bonchev–Trinajstić information content (AvgIpc) is 2.45. The minimum Gasteiger partial charge on any atom is -0.508 e. The third-order valence-corrected chi connectivity index (χ3v) is 3.96. The fourth-order valence-corrected chi connectivity index (χ4v) is 2.70. The molecule has 22 heavy (non-hydrogen) atoms. The second-order valence-corrected chi connectivity index (χ2v) is 5.67. The molecule has 7 nitrogen and oxygen atoms in total. The van der Waals surface area contributed by atoms with Crippen molar-refractivity contribution in [2.45, 2.75) is 0 Å². The zero-order valence-electron chi connectivity index (χ0n) is 11.1. The van der Waals surface area contributed by atoms with Crippen LogP contribution in [0.2, 0.25) is 0 Å². The Hall–Kier alpha value is -2.87. The number of nitrogens with two attached hydrogens (primary N) is 2. The summed E-state index contributed by atoms with van der Waals surface area (Å²) in [4.78, 5) is 24.2. The van der Waals surface area contributed by atoms with Crippen molar-refractivity contribution >= 4 is 32.4 Å². The van der Waals surface area contributed by atoms with Gasteiger partial charge in [0.25, 0.3) is 10.2 Å². The number of aromatic hydroxyl groups is 2. The Balaban J connectivity index is 2.34. The Morgan fingerprint density at radius 1 is 0.818 bits per heavy atom. The quantitative estimate of drug-likeness (QED) is 0.604. The highest BCUT2D eigenvalue weighted by Crippen LogP contribution is 2.23. The van der Waals surface area contributed by atoms with Crippen LogP contribution in [0, 0.1) is 0 Å². The molecule has 2 rings (SSSR count). The van der Waals surface area contributed by atoms with E-state index in [1.54, 1.807) is 0 Å². The number of hydrogen-bond donors (Lipinski definition) is 4. The monoisotopic (exact) mass is 320 g/mol. The normalized spacial score (nSPS) is 10.6. The Bertz CT molecular complexity index is 738. The van der Waals surface area contributed by atoms with E-state index >= 15 is 0 Å². The molecule has 0 aromatic heterocycles. The van der Waals surface area contributed by atoms with Crippen LogP contribution in [-0.2, 0) is 10.8 Å². The van der Waals surface area contributed by atoms with E-state index in [1.807, 2.05) is 0 Å². The predicted octanol–water partition coefficient (Wildman–Crippen LogP) is 0.992. The Morgan fingerprint density at radius 2 is 1.18 bits per heavy atom. The van der Waals surface area contributed by atoms with Gasteiger partial charge in [0.05, 0.1) is 11.1 Å². The summed E-state index contributed by atoms with van der Waals surface area (Å²) in [6.07, 6.45) is 0. The molecular weight excluding hydrogens is 308 g/mol. The minimum atomic E-state index is -2.55.